The lowest BCUT2D eigenvalue weighted by molar-refractivity contribution is -0.127. The van der Waals surface area contributed by atoms with Gasteiger partial charge in [0.05, 0.1) is 4.91 Å². The smallest absolute Gasteiger partial charge is 0.294 e. The molecule has 3 amide bonds. The van der Waals surface area contributed by atoms with E-state index in [4.69, 9.17) is 0 Å². The van der Waals surface area contributed by atoms with E-state index in [-0.39, 0.29) is 6.54 Å². The molecule has 1 N–H and O–H groups in total. The van der Waals surface area contributed by atoms with Crippen LogP contribution in [0.1, 0.15) is 30.9 Å². The number of carbonyl (C=O) groups excluding carboxylic acids is 3. The number of imide groups is 1. The molecule has 160 valence electrons. The lowest BCUT2D eigenvalue weighted by atomic mass is 10.1. The number of thioether (sulfide) groups is 1. The number of anilines is 2. The highest BCUT2D eigenvalue weighted by atomic mass is 32.2. The van der Waals surface area contributed by atoms with Crippen LogP contribution in [0.4, 0.5) is 16.2 Å². The summed E-state index contributed by atoms with van der Waals surface area (Å²) in [6.07, 6.45) is 5.05. The maximum absolute atomic E-state index is 12.7. The second-order valence-corrected chi connectivity index (χ2v) is 8.65. The summed E-state index contributed by atoms with van der Waals surface area (Å²) in [5.74, 6) is -0.835. The van der Waals surface area contributed by atoms with E-state index >= 15 is 0 Å². The summed E-state index contributed by atoms with van der Waals surface area (Å²) in [6.45, 7) is 3.90. The van der Waals surface area contributed by atoms with Gasteiger partial charge >= 0.3 is 0 Å². The Bertz CT molecular complexity index is 1010. The molecule has 31 heavy (non-hydrogen) atoms. The predicted molar refractivity (Wildman–Crippen MR) is 125 cm³/mol. The fourth-order valence-corrected chi connectivity index (χ4v) is 4.55. The van der Waals surface area contributed by atoms with Gasteiger partial charge in [0.15, 0.2) is 0 Å². The number of nitrogens with zero attached hydrogens (tertiary/aromatic N) is 2. The normalized spacial score (nSPS) is 17.6. The molecule has 7 heteroatoms. The topological polar surface area (TPSA) is 69.7 Å². The first-order chi connectivity index (χ1) is 15.0. The number of nitrogens with one attached hydrogen (secondary N) is 1. The maximum Gasteiger partial charge on any atom is 0.294 e. The Kier molecular flexibility index (Phi) is 6.42. The zero-order chi connectivity index (χ0) is 21.8. The monoisotopic (exact) mass is 435 g/mol. The van der Waals surface area contributed by atoms with Gasteiger partial charge in [-0.3, -0.25) is 19.3 Å². The largest absolute Gasteiger partial charge is 0.372 e. The number of hydrogen-bond donors (Lipinski definition) is 1. The van der Waals surface area contributed by atoms with Crippen LogP contribution < -0.4 is 10.2 Å². The van der Waals surface area contributed by atoms with Gasteiger partial charge in [0, 0.05) is 24.5 Å². The average Bonchev–Trinajstić information content (AvgIpc) is 3.40. The molecule has 4 rings (SSSR count). The Hall–Kier alpha value is -3.06. The van der Waals surface area contributed by atoms with E-state index in [2.05, 4.69) is 17.1 Å². The minimum Gasteiger partial charge on any atom is -0.372 e. The zero-order valence-electron chi connectivity index (χ0n) is 17.5. The summed E-state index contributed by atoms with van der Waals surface area (Å²) in [7, 11) is 0. The minimum absolute atomic E-state index is 0.300. The molecule has 0 atom stereocenters. The number of carbonyl (C=O) groups is 3. The first kappa shape index (κ1) is 21.2. The first-order valence-electron chi connectivity index (χ1n) is 10.5. The lowest BCUT2D eigenvalue weighted by Gasteiger charge is -2.17. The molecule has 2 aliphatic rings. The van der Waals surface area contributed by atoms with E-state index in [1.165, 1.54) is 24.1 Å². The van der Waals surface area contributed by atoms with E-state index < -0.39 is 17.1 Å². The third kappa shape index (κ3) is 4.99. The van der Waals surface area contributed by atoms with Gasteiger partial charge in [-0.2, -0.15) is 0 Å². The van der Waals surface area contributed by atoms with Gasteiger partial charge in [-0.05, 0) is 72.5 Å². The Morgan fingerprint density at radius 1 is 1.03 bits per heavy atom. The van der Waals surface area contributed by atoms with Crippen molar-refractivity contribution in [1.29, 1.82) is 0 Å². The highest BCUT2D eigenvalue weighted by Gasteiger charge is 2.36. The summed E-state index contributed by atoms with van der Waals surface area (Å²) in [4.78, 5) is 41.0. The van der Waals surface area contributed by atoms with Gasteiger partial charge < -0.3 is 10.2 Å². The number of benzene rings is 2. The molecule has 0 spiro atoms. The van der Waals surface area contributed by atoms with Crippen LogP contribution in [0.2, 0.25) is 0 Å². The first-order valence-corrected chi connectivity index (χ1v) is 11.3. The Morgan fingerprint density at radius 3 is 2.35 bits per heavy atom. The zero-order valence-corrected chi connectivity index (χ0v) is 18.3. The fourth-order valence-electron chi connectivity index (χ4n) is 3.71. The van der Waals surface area contributed by atoms with Crippen molar-refractivity contribution in [2.24, 2.45) is 0 Å². The van der Waals surface area contributed by atoms with E-state index in [1.807, 2.05) is 48.5 Å². The van der Waals surface area contributed by atoms with Gasteiger partial charge in [0.1, 0.15) is 6.54 Å². The van der Waals surface area contributed by atoms with Gasteiger partial charge in [0.25, 0.3) is 11.1 Å². The van der Waals surface area contributed by atoms with E-state index in [9.17, 15) is 14.4 Å². The summed E-state index contributed by atoms with van der Waals surface area (Å²) >= 11 is 0.867. The standard InChI is InChI=1S/C24H25N3O3S/c1-2-17-5-9-19(10-6-17)25-22(28)16-27-23(29)21(31-24(27)30)15-18-7-11-20(12-8-18)26-13-3-4-14-26/h5-12,15H,2-4,13-14,16H2,1H3,(H,25,28)/b21-15+. The van der Waals surface area contributed by atoms with E-state index in [0.29, 0.717) is 10.6 Å². The molecule has 0 aliphatic carbocycles. The quantitative estimate of drug-likeness (QED) is 0.676. The average molecular weight is 436 g/mol. The minimum atomic E-state index is -0.435. The molecular formula is C24H25N3O3S. The summed E-state index contributed by atoms with van der Waals surface area (Å²) in [5.41, 5.74) is 3.84. The van der Waals surface area contributed by atoms with Gasteiger partial charge in [-0.25, -0.2) is 0 Å². The molecule has 0 saturated carbocycles. The Balaban J connectivity index is 1.38. The number of hydrogen-bond acceptors (Lipinski definition) is 5. The van der Waals surface area contributed by atoms with Crippen LogP contribution in [0.5, 0.6) is 0 Å². The van der Waals surface area contributed by atoms with Crippen molar-refractivity contribution in [2.75, 3.05) is 29.9 Å². The molecule has 2 saturated heterocycles. The lowest BCUT2D eigenvalue weighted by Crippen LogP contribution is -2.36. The molecule has 0 bridgehead atoms. The molecule has 6 nitrogen and oxygen atoms in total. The molecule has 2 aromatic rings. The third-order valence-electron chi connectivity index (χ3n) is 5.48. The van der Waals surface area contributed by atoms with E-state index in [0.717, 1.165) is 41.7 Å². The van der Waals surface area contributed by atoms with E-state index in [1.54, 1.807) is 6.08 Å². The summed E-state index contributed by atoms with van der Waals surface area (Å²) in [5, 5.41) is 2.31. The molecule has 0 radical (unpaired) electrons. The van der Waals surface area contributed by atoms with Crippen LogP contribution in [-0.2, 0) is 16.0 Å². The van der Waals surface area contributed by atoms with Crippen molar-refractivity contribution in [2.45, 2.75) is 26.2 Å². The molecule has 2 aromatic carbocycles. The van der Waals surface area contributed by atoms with Gasteiger partial charge in [0.2, 0.25) is 5.91 Å². The van der Waals surface area contributed by atoms with Crippen molar-refractivity contribution >= 4 is 46.3 Å². The van der Waals surface area contributed by atoms with Crippen molar-refractivity contribution in [1.82, 2.24) is 4.90 Å². The third-order valence-corrected chi connectivity index (χ3v) is 6.39. The van der Waals surface area contributed by atoms with Crippen molar-refractivity contribution < 1.29 is 14.4 Å². The van der Waals surface area contributed by atoms with Crippen LogP contribution in [0.25, 0.3) is 6.08 Å². The maximum atomic E-state index is 12.7. The van der Waals surface area contributed by atoms with Crippen molar-refractivity contribution in [3.63, 3.8) is 0 Å². The molecule has 2 fully saturated rings. The van der Waals surface area contributed by atoms with Crippen LogP contribution in [0.3, 0.4) is 0 Å². The second-order valence-electron chi connectivity index (χ2n) is 7.65. The second kappa shape index (κ2) is 9.39. The number of aryl methyl sites for hydroxylation is 1. The Labute approximate surface area is 186 Å². The summed E-state index contributed by atoms with van der Waals surface area (Å²) < 4.78 is 0. The molecule has 2 aliphatic heterocycles. The van der Waals surface area contributed by atoms with Crippen LogP contribution in [-0.4, -0.2) is 41.6 Å². The number of rotatable bonds is 6. The predicted octanol–water partition coefficient (Wildman–Crippen LogP) is 4.52. The van der Waals surface area contributed by atoms with Crippen LogP contribution >= 0.6 is 11.8 Å². The van der Waals surface area contributed by atoms with Gasteiger partial charge in [-0.1, -0.05) is 31.2 Å². The highest BCUT2D eigenvalue weighted by Crippen LogP contribution is 2.32. The number of amides is 3. The van der Waals surface area contributed by atoms with Crippen molar-refractivity contribution in [3.05, 3.63) is 64.6 Å². The molecule has 0 aromatic heterocycles. The van der Waals surface area contributed by atoms with Crippen LogP contribution in [0, 0.1) is 0 Å². The van der Waals surface area contributed by atoms with Crippen LogP contribution in [0.15, 0.2) is 53.4 Å². The van der Waals surface area contributed by atoms with Crippen molar-refractivity contribution in [3.8, 4) is 0 Å². The summed E-state index contributed by atoms with van der Waals surface area (Å²) in [6, 6.07) is 15.5. The van der Waals surface area contributed by atoms with Gasteiger partial charge in [-0.15, -0.1) is 0 Å². The highest BCUT2D eigenvalue weighted by molar-refractivity contribution is 8.18. The Morgan fingerprint density at radius 2 is 1.71 bits per heavy atom. The SMILES string of the molecule is CCc1ccc(NC(=O)CN2C(=O)S/C(=C/c3ccc(N4CCCC4)cc3)C2=O)cc1. The molecular weight excluding hydrogens is 410 g/mol. The molecule has 2 heterocycles. The molecule has 0 unspecified atom stereocenters. The fraction of sp³-hybridized carbons (Fsp3) is 0.292.